The Labute approximate surface area is 93.6 Å². The molecule has 2 aliphatic rings. The third kappa shape index (κ3) is 2.84. The van der Waals surface area contributed by atoms with Gasteiger partial charge < -0.3 is 5.11 Å². The molecule has 0 aromatic carbocycles. The number of allylic oxidation sites excluding steroid dienone is 1. The summed E-state index contributed by atoms with van der Waals surface area (Å²) in [5.74, 6) is 1.79. The lowest BCUT2D eigenvalue weighted by Crippen LogP contribution is -2.19. The third-order valence-corrected chi connectivity index (χ3v) is 4.32. The summed E-state index contributed by atoms with van der Waals surface area (Å²) >= 11 is 0. The summed E-state index contributed by atoms with van der Waals surface area (Å²) in [6.45, 7) is 2.31. The summed E-state index contributed by atoms with van der Waals surface area (Å²) in [5.41, 5.74) is 1.57. The van der Waals surface area contributed by atoms with Gasteiger partial charge in [0.15, 0.2) is 0 Å². The van der Waals surface area contributed by atoms with E-state index in [1.54, 1.807) is 5.57 Å². The average molecular weight is 208 g/mol. The van der Waals surface area contributed by atoms with Gasteiger partial charge in [-0.25, -0.2) is 0 Å². The van der Waals surface area contributed by atoms with Crippen LogP contribution in [0.25, 0.3) is 0 Å². The van der Waals surface area contributed by atoms with Crippen molar-refractivity contribution in [3.63, 3.8) is 0 Å². The largest absolute Gasteiger partial charge is 0.389 e. The van der Waals surface area contributed by atoms with Crippen LogP contribution in [0, 0.1) is 11.8 Å². The maximum absolute atomic E-state index is 9.63. The van der Waals surface area contributed by atoms with Gasteiger partial charge in [0.1, 0.15) is 0 Å². The highest BCUT2D eigenvalue weighted by Crippen LogP contribution is 2.37. The number of aliphatic hydroxyl groups is 1. The SMILES string of the molecule is CCC1CCC(C2=CC(O)CCC2)CC1. The maximum Gasteiger partial charge on any atom is 0.0723 e. The molecule has 2 aliphatic carbocycles. The first-order chi connectivity index (χ1) is 7.29. The van der Waals surface area contributed by atoms with Crippen molar-refractivity contribution in [3.05, 3.63) is 11.6 Å². The number of hydrogen-bond acceptors (Lipinski definition) is 1. The van der Waals surface area contributed by atoms with Crippen molar-refractivity contribution in [1.29, 1.82) is 0 Å². The van der Waals surface area contributed by atoms with Crippen LogP contribution in [0.1, 0.15) is 58.3 Å². The van der Waals surface area contributed by atoms with Crippen LogP contribution in [0.4, 0.5) is 0 Å². The molecule has 15 heavy (non-hydrogen) atoms. The van der Waals surface area contributed by atoms with Crippen LogP contribution < -0.4 is 0 Å². The van der Waals surface area contributed by atoms with Crippen LogP contribution in [-0.4, -0.2) is 11.2 Å². The molecular formula is C14H24O. The van der Waals surface area contributed by atoms with Gasteiger partial charge >= 0.3 is 0 Å². The molecular weight excluding hydrogens is 184 g/mol. The summed E-state index contributed by atoms with van der Waals surface area (Å²) in [6, 6.07) is 0. The lowest BCUT2D eigenvalue weighted by atomic mass is 9.75. The number of rotatable bonds is 2. The summed E-state index contributed by atoms with van der Waals surface area (Å²) in [7, 11) is 0. The maximum atomic E-state index is 9.63. The van der Waals surface area contributed by atoms with Crippen molar-refractivity contribution in [2.45, 2.75) is 64.4 Å². The molecule has 1 unspecified atom stereocenters. The minimum Gasteiger partial charge on any atom is -0.389 e. The van der Waals surface area contributed by atoms with Gasteiger partial charge in [-0.15, -0.1) is 0 Å². The van der Waals surface area contributed by atoms with Gasteiger partial charge in [0.25, 0.3) is 0 Å². The van der Waals surface area contributed by atoms with Crippen molar-refractivity contribution in [3.8, 4) is 0 Å². The van der Waals surface area contributed by atoms with E-state index in [1.807, 2.05) is 0 Å². The van der Waals surface area contributed by atoms with E-state index in [0.717, 1.165) is 18.3 Å². The summed E-state index contributed by atoms with van der Waals surface area (Å²) in [6.07, 6.45) is 12.4. The molecule has 1 heteroatoms. The second-order valence-corrected chi connectivity index (χ2v) is 5.33. The van der Waals surface area contributed by atoms with Crippen LogP contribution in [0.3, 0.4) is 0 Å². The smallest absolute Gasteiger partial charge is 0.0723 e. The van der Waals surface area contributed by atoms with Crippen LogP contribution in [0.2, 0.25) is 0 Å². The molecule has 1 N–H and O–H groups in total. The Morgan fingerprint density at radius 3 is 2.53 bits per heavy atom. The van der Waals surface area contributed by atoms with Crippen molar-refractivity contribution in [2.24, 2.45) is 11.8 Å². The van der Waals surface area contributed by atoms with Crippen LogP contribution in [0.15, 0.2) is 11.6 Å². The van der Waals surface area contributed by atoms with E-state index in [1.165, 1.54) is 44.9 Å². The Morgan fingerprint density at radius 1 is 1.20 bits per heavy atom. The minimum atomic E-state index is -0.141. The molecule has 1 nitrogen and oxygen atoms in total. The van der Waals surface area contributed by atoms with Crippen molar-refractivity contribution in [1.82, 2.24) is 0 Å². The van der Waals surface area contributed by atoms with Crippen LogP contribution in [-0.2, 0) is 0 Å². The molecule has 1 saturated carbocycles. The highest BCUT2D eigenvalue weighted by molar-refractivity contribution is 5.13. The Bertz CT molecular complexity index is 223. The molecule has 0 aliphatic heterocycles. The van der Waals surface area contributed by atoms with E-state index < -0.39 is 0 Å². The predicted molar refractivity (Wildman–Crippen MR) is 63.7 cm³/mol. The highest BCUT2D eigenvalue weighted by atomic mass is 16.3. The van der Waals surface area contributed by atoms with Gasteiger partial charge in [-0.2, -0.15) is 0 Å². The average Bonchev–Trinajstić information content (AvgIpc) is 2.29. The van der Waals surface area contributed by atoms with Gasteiger partial charge in [0.2, 0.25) is 0 Å². The van der Waals surface area contributed by atoms with E-state index in [9.17, 15) is 5.11 Å². The molecule has 1 fully saturated rings. The molecule has 0 aromatic rings. The van der Waals surface area contributed by atoms with Gasteiger partial charge in [0, 0.05) is 0 Å². The van der Waals surface area contributed by atoms with Gasteiger partial charge in [-0.1, -0.05) is 25.0 Å². The Balaban J connectivity index is 1.89. The van der Waals surface area contributed by atoms with Crippen LogP contribution >= 0.6 is 0 Å². The first kappa shape index (κ1) is 11.2. The number of aliphatic hydroxyl groups excluding tert-OH is 1. The molecule has 2 rings (SSSR count). The van der Waals surface area contributed by atoms with E-state index in [2.05, 4.69) is 13.0 Å². The van der Waals surface area contributed by atoms with Crippen molar-refractivity contribution < 1.29 is 5.11 Å². The molecule has 0 bridgehead atoms. The topological polar surface area (TPSA) is 20.2 Å². The van der Waals surface area contributed by atoms with E-state index >= 15 is 0 Å². The molecule has 0 heterocycles. The zero-order valence-electron chi connectivity index (χ0n) is 9.91. The molecule has 0 saturated heterocycles. The van der Waals surface area contributed by atoms with Crippen molar-refractivity contribution >= 4 is 0 Å². The second kappa shape index (κ2) is 5.16. The van der Waals surface area contributed by atoms with E-state index in [4.69, 9.17) is 0 Å². The Morgan fingerprint density at radius 2 is 1.93 bits per heavy atom. The summed E-state index contributed by atoms with van der Waals surface area (Å²) in [5, 5.41) is 9.63. The lowest BCUT2D eigenvalue weighted by Gasteiger charge is -2.31. The first-order valence-corrected chi connectivity index (χ1v) is 6.68. The van der Waals surface area contributed by atoms with Gasteiger partial charge in [-0.05, 0) is 56.8 Å². The third-order valence-electron chi connectivity index (χ3n) is 4.32. The highest BCUT2D eigenvalue weighted by Gasteiger charge is 2.24. The van der Waals surface area contributed by atoms with Gasteiger partial charge in [0.05, 0.1) is 6.10 Å². The minimum absolute atomic E-state index is 0.141. The van der Waals surface area contributed by atoms with Crippen LogP contribution in [0.5, 0.6) is 0 Å². The summed E-state index contributed by atoms with van der Waals surface area (Å²) in [4.78, 5) is 0. The Kier molecular flexibility index (Phi) is 3.85. The Hall–Kier alpha value is -0.300. The van der Waals surface area contributed by atoms with Gasteiger partial charge in [-0.3, -0.25) is 0 Å². The predicted octanol–water partition coefficient (Wildman–Crippen LogP) is 3.67. The molecule has 0 radical (unpaired) electrons. The molecule has 1 atom stereocenters. The van der Waals surface area contributed by atoms with E-state index in [0.29, 0.717) is 0 Å². The standard InChI is InChI=1S/C14H24O/c1-2-11-6-8-12(9-7-11)13-4-3-5-14(15)10-13/h10-12,14-15H,2-9H2,1H3. The lowest BCUT2D eigenvalue weighted by molar-refractivity contribution is 0.195. The second-order valence-electron chi connectivity index (χ2n) is 5.33. The van der Waals surface area contributed by atoms with Crippen molar-refractivity contribution in [2.75, 3.05) is 0 Å². The molecule has 0 aromatic heterocycles. The molecule has 86 valence electrons. The fraction of sp³-hybridized carbons (Fsp3) is 0.857. The monoisotopic (exact) mass is 208 g/mol. The normalized spacial score (nSPS) is 37.5. The molecule has 0 amide bonds. The number of hydrogen-bond donors (Lipinski definition) is 1. The fourth-order valence-corrected chi connectivity index (χ4v) is 3.21. The fourth-order valence-electron chi connectivity index (χ4n) is 3.21. The van der Waals surface area contributed by atoms with E-state index in [-0.39, 0.29) is 6.10 Å². The first-order valence-electron chi connectivity index (χ1n) is 6.68. The zero-order valence-corrected chi connectivity index (χ0v) is 9.91. The zero-order chi connectivity index (χ0) is 10.7. The quantitative estimate of drug-likeness (QED) is 0.686. The summed E-state index contributed by atoms with van der Waals surface area (Å²) < 4.78 is 0. The molecule has 0 spiro atoms.